The normalized spacial score (nSPS) is 12.8. The van der Waals surface area contributed by atoms with Crippen LogP contribution in [0.2, 0.25) is 0 Å². The fourth-order valence-corrected chi connectivity index (χ4v) is 2.67. The Morgan fingerprint density at radius 3 is 1.50 bits per heavy atom. The molecule has 0 aliphatic rings. The lowest BCUT2D eigenvalue weighted by Crippen LogP contribution is -2.61. The molecule has 0 aliphatic heterocycles. The molecule has 0 heterocycles. The average Bonchev–Trinajstić information content (AvgIpc) is 2.83. The third-order valence-electron chi connectivity index (χ3n) is 4.94. The first kappa shape index (κ1) is 31.8. The van der Waals surface area contributed by atoms with E-state index in [1.54, 1.807) is 0 Å². The van der Waals surface area contributed by atoms with Crippen LogP contribution in [0.25, 0.3) is 0 Å². The van der Waals surface area contributed by atoms with Gasteiger partial charge in [0, 0.05) is 6.54 Å². The minimum atomic E-state index is -1.72. The minimum Gasteiger partial charge on any atom is -0.394 e. The average molecular weight is 496 g/mol. The summed E-state index contributed by atoms with van der Waals surface area (Å²) in [6.45, 7) is -6.06. The van der Waals surface area contributed by atoms with Crippen LogP contribution in [-0.2, 0) is 19.2 Å². The van der Waals surface area contributed by atoms with E-state index in [4.69, 9.17) is 5.73 Å². The molecule has 15 heteroatoms. The largest absolute Gasteiger partial charge is 0.394 e. The smallest absolute Gasteiger partial charge is 0.234 e. The van der Waals surface area contributed by atoms with Crippen LogP contribution in [0.4, 0.5) is 0 Å². The number of nitrogens with two attached hydrogens (primary N) is 1. The van der Waals surface area contributed by atoms with Crippen molar-refractivity contribution in [3.63, 3.8) is 0 Å². The van der Waals surface area contributed by atoms with Crippen LogP contribution in [0.1, 0.15) is 12.8 Å². The van der Waals surface area contributed by atoms with Crippen molar-refractivity contribution in [1.82, 2.24) is 20.9 Å². The van der Waals surface area contributed by atoms with E-state index in [-0.39, 0.29) is 6.54 Å². The summed E-state index contributed by atoms with van der Waals surface area (Å²) >= 11 is 0. The molecule has 34 heavy (non-hydrogen) atoms. The molecule has 0 rings (SSSR count). The number of nitrogens with one attached hydrogen (secondary N) is 3. The van der Waals surface area contributed by atoms with Crippen LogP contribution in [0, 0.1) is 0 Å². The van der Waals surface area contributed by atoms with Crippen molar-refractivity contribution in [3.05, 3.63) is 0 Å². The zero-order chi connectivity index (χ0) is 26.2. The molecule has 198 valence electrons. The topological polar surface area (TPSA) is 255 Å². The summed E-state index contributed by atoms with van der Waals surface area (Å²) in [5.41, 5.74) is 2.03. The maximum atomic E-state index is 12.4. The van der Waals surface area contributed by atoms with Gasteiger partial charge in [0.25, 0.3) is 0 Å². The van der Waals surface area contributed by atoms with Gasteiger partial charge in [-0.2, -0.15) is 0 Å². The highest BCUT2D eigenvalue weighted by atomic mass is 16.3. The first-order chi connectivity index (χ1) is 16.1. The highest BCUT2D eigenvalue weighted by molar-refractivity contribution is 5.84. The second-order valence-corrected chi connectivity index (χ2v) is 8.04. The maximum Gasteiger partial charge on any atom is 0.234 e. The van der Waals surface area contributed by atoms with Gasteiger partial charge in [0.05, 0.1) is 65.3 Å². The van der Waals surface area contributed by atoms with Gasteiger partial charge in [-0.25, -0.2) is 0 Å². The number of hydrogen-bond donors (Lipinski definition) is 10. The van der Waals surface area contributed by atoms with Crippen LogP contribution >= 0.6 is 0 Å². The van der Waals surface area contributed by atoms with Crippen LogP contribution < -0.4 is 21.7 Å². The summed E-state index contributed by atoms with van der Waals surface area (Å²) < 4.78 is 0. The Morgan fingerprint density at radius 2 is 1.15 bits per heavy atom. The van der Waals surface area contributed by atoms with Crippen molar-refractivity contribution in [2.24, 2.45) is 5.73 Å². The van der Waals surface area contributed by atoms with Gasteiger partial charge in [-0.3, -0.25) is 19.3 Å². The highest BCUT2D eigenvalue weighted by Crippen LogP contribution is 2.04. The van der Waals surface area contributed by atoms with E-state index < -0.39 is 94.1 Å². The van der Waals surface area contributed by atoms with E-state index in [1.165, 1.54) is 0 Å². The molecule has 0 aliphatic carbocycles. The van der Waals surface area contributed by atoms with Gasteiger partial charge in [0.1, 0.15) is 17.4 Å². The van der Waals surface area contributed by atoms with Crippen molar-refractivity contribution in [3.8, 4) is 0 Å². The van der Waals surface area contributed by atoms with Gasteiger partial charge in [-0.15, -0.1) is 0 Å². The number of amides is 3. The summed E-state index contributed by atoms with van der Waals surface area (Å²) in [5, 5.41) is 63.2. The zero-order valence-electron chi connectivity index (χ0n) is 19.0. The maximum absolute atomic E-state index is 12.4. The third kappa shape index (κ3) is 11.3. The summed E-state index contributed by atoms with van der Waals surface area (Å²) in [7, 11) is 0. The third-order valence-corrected chi connectivity index (χ3v) is 4.94. The SMILES string of the molecule is NC(C=O)CCCNC(=O)CN(CC(=O)NC(CO)(CO)CO)CC(=O)NC(CO)(CO)CO. The molecule has 0 aromatic heterocycles. The fraction of sp³-hybridized carbons (Fsp3) is 0.789. The summed E-state index contributed by atoms with van der Waals surface area (Å²) in [5.74, 6) is -2.23. The van der Waals surface area contributed by atoms with Gasteiger partial charge in [-0.05, 0) is 12.8 Å². The highest BCUT2D eigenvalue weighted by Gasteiger charge is 2.33. The van der Waals surface area contributed by atoms with E-state index in [0.29, 0.717) is 19.1 Å². The number of aliphatic hydroxyl groups excluding tert-OH is 6. The zero-order valence-corrected chi connectivity index (χ0v) is 19.0. The van der Waals surface area contributed by atoms with E-state index in [1.807, 2.05) is 0 Å². The molecular formula is C19H37N5O10. The Kier molecular flexibility index (Phi) is 15.3. The standard InChI is InChI=1S/C19H37N5O10/c20-14(7-25)2-1-3-21-15(32)4-24(5-16(33)22-18(8-26,9-27)10-28)6-17(34)23-19(11-29,12-30)13-31/h7,14,26-31H,1-6,8-13,20H2,(H,21,32)(H,22,33)(H,23,34). The monoisotopic (exact) mass is 495 g/mol. The van der Waals surface area contributed by atoms with E-state index in [9.17, 15) is 49.8 Å². The second-order valence-electron chi connectivity index (χ2n) is 8.04. The molecule has 11 N–H and O–H groups in total. The Labute approximate surface area is 196 Å². The molecule has 0 saturated carbocycles. The number of nitrogens with zero attached hydrogens (tertiary/aromatic N) is 1. The van der Waals surface area contributed by atoms with E-state index in [0.717, 1.165) is 4.90 Å². The Morgan fingerprint density at radius 1 is 0.765 bits per heavy atom. The summed E-state index contributed by atoms with van der Waals surface area (Å²) in [4.78, 5) is 48.7. The lowest BCUT2D eigenvalue weighted by Gasteiger charge is -2.31. The second kappa shape index (κ2) is 16.4. The Bertz CT molecular complexity index is 590. The minimum absolute atomic E-state index is 0.178. The molecule has 0 fully saturated rings. The van der Waals surface area contributed by atoms with Gasteiger partial charge >= 0.3 is 0 Å². The summed E-state index contributed by atoms with van der Waals surface area (Å²) in [6, 6.07) is -0.657. The number of hydrogen-bond acceptors (Lipinski definition) is 12. The first-order valence-corrected chi connectivity index (χ1v) is 10.6. The van der Waals surface area contributed by atoms with Crippen molar-refractivity contribution in [2.75, 3.05) is 65.8 Å². The number of carbonyl (C=O) groups excluding carboxylic acids is 4. The van der Waals surface area contributed by atoms with Crippen LogP contribution in [0.5, 0.6) is 0 Å². The number of rotatable bonds is 19. The fourth-order valence-electron chi connectivity index (χ4n) is 2.67. The molecule has 0 aromatic rings. The molecule has 0 radical (unpaired) electrons. The van der Waals surface area contributed by atoms with Crippen molar-refractivity contribution in [2.45, 2.75) is 30.0 Å². The summed E-state index contributed by atoms with van der Waals surface area (Å²) in [6.07, 6.45) is 1.33. The number of carbonyl (C=O) groups is 4. The van der Waals surface area contributed by atoms with Crippen LogP contribution in [-0.4, -0.2) is 142 Å². The van der Waals surface area contributed by atoms with Crippen LogP contribution in [0.15, 0.2) is 0 Å². The molecule has 1 atom stereocenters. The van der Waals surface area contributed by atoms with Gasteiger partial charge < -0.3 is 57.1 Å². The number of aliphatic hydroxyl groups is 6. The molecule has 0 bridgehead atoms. The molecule has 15 nitrogen and oxygen atoms in total. The molecule has 1 unspecified atom stereocenters. The first-order valence-electron chi connectivity index (χ1n) is 10.6. The van der Waals surface area contributed by atoms with Gasteiger partial charge in [-0.1, -0.05) is 0 Å². The molecule has 0 spiro atoms. The quantitative estimate of drug-likeness (QED) is 0.0592. The Hall–Kier alpha value is -2.24. The van der Waals surface area contributed by atoms with Crippen molar-refractivity contribution < 1.29 is 49.8 Å². The van der Waals surface area contributed by atoms with E-state index >= 15 is 0 Å². The lowest BCUT2D eigenvalue weighted by molar-refractivity contribution is -0.131. The molecule has 0 aromatic carbocycles. The van der Waals surface area contributed by atoms with Gasteiger partial charge in [0.2, 0.25) is 17.7 Å². The molecule has 0 saturated heterocycles. The van der Waals surface area contributed by atoms with Crippen molar-refractivity contribution in [1.29, 1.82) is 0 Å². The number of aldehydes is 1. The van der Waals surface area contributed by atoms with Gasteiger partial charge in [0.15, 0.2) is 0 Å². The lowest BCUT2D eigenvalue weighted by atomic mass is 10.0. The molecule has 3 amide bonds. The van der Waals surface area contributed by atoms with Crippen molar-refractivity contribution >= 4 is 24.0 Å². The Balaban J connectivity index is 5.24. The predicted molar refractivity (Wildman–Crippen MR) is 117 cm³/mol. The van der Waals surface area contributed by atoms with E-state index in [2.05, 4.69) is 16.0 Å². The predicted octanol–water partition coefficient (Wildman–Crippen LogP) is -6.63. The molecular weight excluding hydrogens is 458 g/mol. The van der Waals surface area contributed by atoms with Crippen LogP contribution in [0.3, 0.4) is 0 Å².